The number of anilines is 2. The number of nitrogens with one attached hydrogen (secondary N) is 1. The molecule has 1 saturated carbocycles. The van der Waals surface area contributed by atoms with Crippen molar-refractivity contribution in [2.75, 3.05) is 25.0 Å². The van der Waals surface area contributed by atoms with Crippen LogP contribution in [0.4, 0.5) is 11.5 Å². The molecule has 2 fully saturated rings. The zero-order valence-electron chi connectivity index (χ0n) is 25.4. The highest BCUT2D eigenvalue weighted by Gasteiger charge is 2.54. The molecule has 2 aliphatic rings. The number of hydrogen-bond acceptors (Lipinski definition) is 7. The van der Waals surface area contributed by atoms with Gasteiger partial charge >= 0.3 is 0 Å². The Hall–Kier alpha value is -4.57. The number of hydrogen-bond donors (Lipinski definition) is 2. The first-order valence-electron chi connectivity index (χ1n) is 15.8. The number of aliphatic hydroxyl groups is 1. The summed E-state index contributed by atoms with van der Waals surface area (Å²) in [5.74, 6) is 1.21. The third kappa shape index (κ3) is 5.24. The van der Waals surface area contributed by atoms with Crippen molar-refractivity contribution in [3.8, 4) is 11.1 Å². The van der Waals surface area contributed by atoms with Crippen LogP contribution >= 0.6 is 0 Å². The number of aromatic nitrogens is 3. The molecule has 232 valence electrons. The van der Waals surface area contributed by atoms with Crippen LogP contribution in [-0.4, -0.2) is 52.1 Å². The fourth-order valence-electron chi connectivity index (χ4n) is 7.10. The molecule has 9 heteroatoms. The molecule has 0 amide bonds. The van der Waals surface area contributed by atoms with Crippen LogP contribution < -0.4 is 5.32 Å². The van der Waals surface area contributed by atoms with E-state index in [0.717, 1.165) is 52.7 Å². The van der Waals surface area contributed by atoms with Crippen molar-refractivity contribution in [2.45, 2.75) is 30.7 Å². The molecule has 8 rings (SSSR count). The second-order valence-electron chi connectivity index (χ2n) is 12.7. The van der Waals surface area contributed by atoms with Crippen molar-refractivity contribution in [1.29, 1.82) is 0 Å². The van der Waals surface area contributed by atoms with Gasteiger partial charge in [-0.2, -0.15) is 0 Å². The number of aliphatic hydroxyl groups excluding tert-OH is 1. The Morgan fingerprint density at radius 3 is 2.41 bits per heavy atom. The second-order valence-corrected chi connectivity index (χ2v) is 14.5. The van der Waals surface area contributed by atoms with Gasteiger partial charge in [0.25, 0.3) is 10.0 Å². The van der Waals surface area contributed by atoms with E-state index in [0.29, 0.717) is 29.3 Å². The maximum Gasteiger partial charge on any atom is 0.268 e. The van der Waals surface area contributed by atoms with Crippen LogP contribution in [0.3, 0.4) is 0 Å². The molecule has 8 nitrogen and oxygen atoms in total. The van der Waals surface area contributed by atoms with Gasteiger partial charge in [-0.3, -0.25) is 4.90 Å². The summed E-state index contributed by atoms with van der Waals surface area (Å²) in [7, 11) is -3.70. The molecule has 4 aromatic carbocycles. The summed E-state index contributed by atoms with van der Waals surface area (Å²) in [6, 6.07) is 30.9. The fraction of sp³-hybridized carbons (Fsp3) is 0.243. The van der Waals surface area contributed by atoms with Gasteiger partial charge in [-0.15, -0.1) is 0 Å². The first-order chi connectivity index (χ1) is 22.4. The Bertz CT molecular complexity index is 2160. The molecule has 0 bridgehead atoms. The van der Waals surface area contributed by atoms with E-state index in [9.17, 15) is 13.5 Å². The summed E-state index contributed by atoms with van der Waals surface area (Å²) in [6.45, 7) is 3.49. The summed E-state index contributed by atoms with van der Waals surface area (Å²) in [5, 5.41) is 14.7. The van der Waals surface area contributed by atoms with Gasteiger partial charge in [0.15, 0.2) is 0 Å². The molecule has 0 radical (unpaired) electrons. The summed E-state index contributed by atoms with van der Waals surface area (Å²) in [6.07, 6.45) is 6.74. The fourth-order valence-corrected chi connectivity index (χ4v) is 8.48. The molecule has 1 saturated heterocycles. The summed E-state index contributed by atoms with van der Waals surface area (Å²) in [5.41, 5.74) is 6.18. The van der Waals surface area contributed by atoms with Gasteiger partial charge in [-0.25, -0.2) is 22.4 Å². The zero-order valence-corrected chi connectivity index (χ0v) is 26.2. The van der Waals surface area contributed by atoms with Crippen LogP contribution in [0.15, 0.2) is 114 Å². The predicted octanol–water partition coefficient (Wildman–Crippen LogP) is 6.83. The zero-order chi connectivity index (χ0) is 31.3. The Labute approximate surface area is 268 Å². The number of piperidine rings is 1. The molecular weight excluding hydrogens is 595 g/mol. The van der Waals surface area contributed by atoms with Crippen molar-refractivity contribution in [1.82, 2.24) is 18.8 Å². The molecule has 1 aliphatic carbocycles. The summed E-state index contributed by atoms with van der Waals surface area (Å²) >= 11 is 0. The largest absolute Gasteiger partial charge is 0.396 e. The summed E-state index contributed by atoms with van der Waals surface area (Å²) in [4.78, 5) is 11.8. The number of nitrogens with zero attached hydrogens (tertiary/aromatic N) is 4. The quantitative estimate of drug-likeness (QED) is 0.190. The van der Waals surface area contributed by atoms with E-state index in [-0.39, 0.29) is 4.90 Å². The minimum absolute atomic E-state index is 0.249. The highest BCUT2D eigenvalue weighted by molar-refractivity contribution is 7.90. The molecule has 1 unspecified atom stereocenters. The first-order valence-corrected chi connectivity index (χ1v) is 17.2. The van der Waals surface area contributed by atoms with Crippen molar-refractivity contribution in [2.24, 2.45) is 11.3 Å². The van der Waals surface area contributed by atoms with Gasteiger partial charge < -0.3 is 10.4 Å². The Balaban J connectivity index is 1.00. The first kappa shape index (κ1) is 28.9. The van der Waals surface area contributed by atoms with Gasteiger partial charge in [0.05, 0.1) is 15.9 Å². The molecule has 1 spiro atoms. The maximum atomic E-state index is 13.3. The minimum atomic E-state index is -3.70. The lowest BCUT2D eigenvalue weighted by Crippen LogP contribution is -2.34. The number of benzene rings is 4. The van der Waals surface area contributed by atoms with E-state index in [1.807, 2.05) is 30.3 Å². The van der Waals surface area contributed by atoms with Gasteiger partial charge in [-0.05, 0) is 109 Å². The van der Waals surface area contributed by atoms with Crippen LogP contribution in [0.2, 0.25) is 0 Å². The molecule has 3 heterocycles. The Kier molecular flexibility index (Phi) is 7.12. The smallest absolute Gasteiger partial charge is 0.268 e. The summed E-state index contributed by atoms with van der Waals surface area (Å²) < 4.78 is 27.8. The number of rotatable bonds is 8. The van der Waals surface area contributed by atoms with Crippen molar-refractivity contribution in [3.05, 3.63) is 115 Å². The molecule has 2 N–H and O–H groups in total. The second kappa shape index (κ2) is 11.3. The topological polar surface area (TPSA) is 100 Å². The van der Waals surface area contributed by atoms with Crippen LogP contribution in [-0.2, 0) is 16.6 Å². The third-order valence-corrected chi connectivity index (χ3v) is 11.7. The van der Waals surface area contributed by atoms with E-state index in [1.54, 1.807) is 42.9 Å². The third-order valence-electron chi connectivity index (χ3n) is 9.98. The highest BCUT2D eigenvalue weighted by atomic mass is 32.2. The van der Waals surface area contributed by atoms with Gasteiger partial charge in [0, 0.05) is 35.8 Å². The molecule has 2 aromatic heterocycles. The Morgan fingerprint density at radius 1 is 0.870 bits per heavy atom. The average Bonchev–Trinajstić information content (AvgIpc) is 3.60. The molecule has 46 heavy (non-hydrogen) atoms. The van der Waals surface area contributed by atoms with E-state index in [4.69, 9.17) is 0 Å². The van der Waals surface area contributed by atoms with Crippen LogP contribution in [0.25, 0.3) is 32.9 Å². The van der Waals surface area contributed by atoms with E-state index < -0.39 is 10.0 Å². The normalized spacial score (nSPS) is 17.9. The van der Waals surface area contributed by atoms with E-state index in [2.05, 4.69) is 56.6 Å². The molecular formula is C37H35N5O3S. The standard InChI is InChI=1S/C37H35N5O3S/c43-24-30-22-37(30)15-18-41(19-16-37)23-26-6-8-27(9-7-26)28-10-12-34-33(21-28)36(39-25-38-34)40-31-11-13-35-29(20-31)14-17-42(35)46(44,45)32-4-2-1-3-5-32/h1-14,17,20-21,25,30,43H,15-16,18-19,22-24H2,(H,38,39,40). The van der Waals surface area contributed by atoms with E-state index in [1.165, 1.54) is 28.8 Å². The minimum Gasteiger partial charge on any atom is -0.396 e. The SMILES string of the molecule is O=S(=O)(c1ccccc1)n1ccc2cc(Nc3ncnc4ccc(-c5ccc(CN6CCC7(CC6)CC7CO)cc5)cc34)ccc21. The van der Waals surface area contributed by atoms with Gasteiger partial charge in [0.1, 0.15) is 12.1 Å². The highest BCUT2D eigenvalue weighted by Crippen LogP contribution is 2.59. The average molecular weight is 630 g/mol. The molecule has 6 aromatic rings. The van der Waals surface area contributed by atoms with Crippen molar-refractivity contribution >= 4 is 43.3 Å². The number of fused-ring (bicyclic) bond motifs is 2. The van der Waals surface area contributed by atoms with E-state index >= 15 is 0 Å². The predicted molar refractivity (Wildman–Crippen MR) is 181 cm³/mol. The monoisotopic (exact) mass is 629 g/mol. The van der Waals surface area contributed by atoms with Crippen molar-refractivity contribution in [3.63, 3.8) is 0 Å². The Morgan fingerprint density at radius 2 is 1.65 bits per heavy atom. The van der Waals surface area contributed by atoms with Gasteiger partial charge in [-0.1, -0.05) is 48.5 Å². The molecule has 1 atom stereocenters. The lowest BCUT2D eigenvalue weighted by atomic mass is 9.90. The van der Waals surface area contributed by atoms with Crippen molar-refractivity contribution < 1.29 is 13.5 Å². The molecule has 1 aliphatic heterocycles. The van der Waals surface area contributed by atoms with Crippen LogP contribution in [0.5, 0.6) is 0 Å². The van der Waals surface area contributed by atoms with Crippen LogP contribution in [0.1, 0.15) is 24.8 Å². The van der Waals surface area contributed by atoms with Crippen LogP contribution in [0, 0.1) is 11.3 Å². The number of likely N-dealkylation sites (tertiary alicyclic amines) is 1. The lowest BCUT2D eigenvalue weighted by Gasteiger charge is -2.33. The maximum absolute atomic E-state index is 13.3. The lowest BCUT2D eigenvalue weighted by molar-refractivity contribution is 0.142. The van der Waals surface area contributed by atoms with Gasteiger partial charge in [0.2, 0.25) is 0 Å².